The third kappa shape index (κ3) is 10.2. The molecule has 300 valence electrons. The van der Waals surface area contributed by atoms with Crippen molar-refractivity contribution in [3.63, 3.8) is 0 Å². The number of alkyl halides is 1. The first kappa shape index (κ1) is 42.3. The van der Waals surface area contributed by atoms with E-state index in [0.29, 0.717) is 51.7 Å². The highest BCUT2D eigenvalue weighted by molar-refractivity contribution is 14.1. The minimum atomic E-state index is -0.901. The van der Waals surface area contributed by atoms with Gasteiger partial charge in [-0.3, -0.25) is 19.4 Å². The predicted octanol–water partition coefficient (Wildman–Crippen LogP) is 5.53. The summed E-state index contributed by atoms with van der Waals surface area (Å²) in [5.74, 6) is -0.933. The fourth-order valence-corrected chi connectivity index (χ4v) is 9.48. The molecular formula is C43H52IN9O3S. The van der Waals surface area contributed by atoms with Crippen LogP contribution in [-0.4, -0.2) is 75.8 Å². The smallest absolute Gasteiger partial charge is 0.245 e. The third-order valence-electron chi connectivity index (χ3n) is 10.6. The Morgan fingerprint density at radius 3 is 2.42 bits per heavy atom. The van der Waals surface area contributed by atoms with Gasteiger partial charge in [-0.05, 0) is 110 Å². The molecule has 8 N–H and O–H groups in total. The predicted molar refractivity (Wildman–Crippen MR) is 235 cm³/mol. The second kappa shape index (κ2) is 20.4. The van der Waals surface area contributed by atoms with E-state index in [-0.39, 0.29) is 30.7 Å². The summed E-state index contributed by atoms with van der Waals surface area (Å²) in [6, 6.07) is 17.7. The van der Waals surface area contributed by atoms with Gasteiger partial charge in [-0.15, -0.1) is 0 Å². The number of hydrogen-bond donors (Lipinski definition) is 6. The van der Waals surface area contributed by atoms with Crippen molar-refractivity contribution in [2.75, 3.05) is 20.1 Å². The number of aromatic nitrogens is 3. The zero-order valence-electron chi connectivity index (χ0n) is 32.5. The minimum Gasteiger partial charge on any atom is -0.358 e. The van der Waals surface area contributed by atoms with Crippen LogP contribution in [0.5, 0.6) is 0 Å². The average molecular weight is 902 g/mol. The van der Waals surface area contributed by atoms with Crippen LogP contribution in [-0.2, 0) is 38.3 Å². The average Bonchev–Trinajstić information content (AvgIpc) is 3.55. The molecule has 0 fully saturated rings. The second-order valence-electron chi connectivity index (χ2n) is 14.4. The first-order valence-electron chi connectivity index (χ1n) is 19.5. The summed E-state index contributed by atoms with van der Waals surface area (Å²) in [5.41, 5.74) is 19.5. The van der Waals surface area contributed by atoms with Crippen LogP contribution < -0.4 is 27.4 Å². The van der Waals surface area contributed by atoms with E-state index in [4.69, 9.17) is 16.5 Å². The Balaban J connectivity index is 1.49. The Hall–Kier alpha value is -4.35. The van der Waals surface area contributed by atoms with Gasteiger partial charge in [-0.2, -0.15) is 0 Å². The van der Waals surface area contributed by atoms with Gasteiger partial charge in [-0.25, -0.2) is 4.98 Å². The Morgan fingerprint density at radius 2 is 1.65 bits per heavy atom. The molecule has 5 aromatic rings. The molecule has 4 heterocycles. The largest absolute Gasteiger partial charge is 0.358 e. The van der Waals surface area contributed by atoms with E-state index >= 15 is 0 Å². The molecule has 57 heavy (non-hydrogen) atoms. The van der Waals surface area contributed by atoms with E-state index in [1.807, 2.05) is 55.5 Å². The SMILES string of the molecule is Cc1[nH]c2ccccc2c1C[C@H]1C(=O)NCc2c(-c3ccncc3)ccc(CI)c2Sc2ncccc2CN[C@@H](CCCN)C(=O)N[C@@H](CCCCN)C(=O)N1C. The molecule has 1 aliphatic rings. The van der Waals surface area contributed by atoms with Crippen molar-refractivity contribution in [1.82, 2.24) is 35.8 Å². The summed E-state index contributed by atoms with van der Waals surface area (Å²) in [6.45, 7) is 3.44. The molecule has 0 saturated heterocycles. The number of para-hydroxylation sites is 1. The molecule has 3 atom stereocenters. The maximum atomic E-state index is 14.8. The number of halogens is 1. The maximum absolute atomic E-state index is 14.8. The molecule has 14 heteroatoms. The quantitative estimate of drug-likeness (QED) is 0.0564. The number of H-pyrrole nitrogens is 1. The van der Waals surface area contributed by atoms with Gasteiger partial charge >= 0.3 is 0 Å². The summed E-state index contributed by atoms with van der Waals surface area (Å²) in [5, 5.41) is 11.6. The first-order valence-corrected chi connectivity index (χ1v) is 21.9. The maximum Gasteiger partial charge on any atom is 0.245 e. The standard InChI is InChI=1S/C43H52IN9O3S/c1-27-33(32-10-3-4-11-35(32)51-27)23-38-41(55)50-26-34-31(28-16-21-47-22-17-28)15-14-29(24-44)39(34)57-42-30(9-8-20-48-42)25-49-36(13-7-19-46)40(54)52-37(12-5-6-18-45)43(56)53(38)2/h3-4,8-11,14-17,20-22,36-38,49,51H,5-7,12-13,18-19,23-26,45-46H2,1-2H3,(H,50,55)(H,52,54)/t36-,37-,38-/m0/s1. The van der Waals surface area contributed by atoms with Gasteiger partial charge in [-0.1, -0.05) is 70.8 Å². The first-order chi connectivity index (χ1) is 27.7. The highest BCUT2D eigenvalue weighted by atomic mass is 127. The zero-order chi connectivity index (χ0) is 40.3. The summed E-state index contributed by atoms with van der Waals surface area (Å²) in [4.78, 5) is 58.8. The van der Waals surface area contributed by atoms with E-state index < -0.39 is 18.1 Å². The highest BCUT2D eigenvalue weighted by Gasteiger charge is 2.34. The lowest BCUT2D eigenvalue weighted by atomic mass is 9.97. The van der Waals surface area contributed by atoms with Gasteiger partial charge in [0, 0.05) is 71.1 Å². The summed E-state index contributed by atoms with van der Waals surface area (Å²) in [6.07, 6.45) is 8.35. The minimum absolute atomic E-state index is 0.201. The van der Waals surface area contributed by atoms with E-state index in [1.165, 1.54) is 4.90 Å². The van der Waals surface area contributed by atoms with E-state index in [2.05, 4.69) is 60.6 Å². The second-order valence-corrected chi connectivity index (χ2v) is 16.2. The number of hydrogen-bond acceptors (Lipinski definition) is 9. The van der Waals surface area contributed by atoms with Crippen LogP contribution in [0, 0.1) is 6.92 Å². The van der Waals surface area contributed by atoms with E-state index in [1.54, 1.807) is 37.4 Å². The van der Waals surface area contributed by atoms with Crippen molar-refractivity contribution >= 4 is 63.0 Å². The molecule has 3 amide bonds. The van der Waals surface area contributed by atoms with Crippen molar-refractivity contribution < 1.29 is 14.4 Å². The van der Waals surface area contributed by atoms with Crippen LogP contribution in [0.3, 0.4) is 0 Å². The van der Waals surface area contributed by atoms with Gasteiger partial charge < -0.3 is 37.3 Å². The number of likely N-dealkylation sites (N-methyl/N-ethyl adjacent to an activating group) is 1. The van der Waals surface area contributed by atoms with Crippen molar-refractivity contribution in [2.24, 2.45) is 11.5 Å². The Morgan fingerprint density at radius 1 is 0.877 bits per heavy atom. The number of nitrogens with zero attached hydrogens (tertiary/aromatic N) is 3. The van der Waals surface area contributed by atoms with Crippen LogP contribution >= 0.6 is 34.4 Å². The Bertz CT molecular complexity index is 2160. The number of nitrogens with two attached hydrogens (primary N) is 2. The lowest BCUT2D eigenvalue weighted by Crippen LogP contribution is -2.57. The molecule has 6 rings (SSSR count). The molecule has 0 aliphatic carbocycles. The van der Waals surface area contributed by atoms with E-state index in [0.717, 1.165) is 64.3 Å². The number of nitrogens with one attached hydrogen (secondary N) is 4. The van der Waals surface area contributed by atoms with Gasteiger partial charge in [0.1, 0.15) is 17.1 Å². The highest BCUT2D eigenvalue weighted by Crippen LogP contribution is 2.40. The molecule has 1 aliphatic heterocycles. The molecule has 0 bridgehead atoms. The van der Waals surface area contributed by atoms with Crippen molar-refractivity contribution in [3.8, 4) is 11.1 Å². The van der Waals surface area contributed by atoms with E-state index in [9.17, 15) is 14.4 Å². The summed E-state index contributed by atoms with van der Waals surface area (Å²) < 4.78 is 0.727. The topological polar surface area (TPSA) is 184 Å². The van der Waals surface area contributed by atoms with Gasteiger partial charge in [0.2, 0.25) is 17.7 Å². The molecule has 3 aromatic heterocycles. The number of aromatic amines is 1. The fourth-order valence-electron chi connectivity index (χ4n) is 7.43. The number of carbonyl (C=O) groups excluding carboxylic acids is 3. The zero-order valence-corrected chi connectivity index (χ0v) is 35.5. The lowest BCUT2D eigenvalue weighted by molar-refractivity contribution is -0.142. The summed E-state index contributed by atoms with van der Waals surface area (Å²) in [7, 11) is 1.67. The molecule has 0 spiro atoms. The van der Waals surface area contributed by atoms with Crippen LogP contribution in [0.2, 0.25) is 0 Å². The monoisotopic (exact) mass is 901 g/mol. The third-order valence-corrected chi connectivity index (χ3v) is 12.7. The number of pyridine rings is 2. The lowest BCUT2D eigenvalue weighted by Gasteiger charge is -2.32. The number of carbonyl (C=O) groups is 3. The van der Waals surface area contributed by atoms with Crippen LogP contribution in [0.1, 0.15) is 60.1 Å². The van der Waals surface area contributed by atoms with Crippen LogP contribution in [0.4, 0.5) is 0 Å². The number of aryl methyl sites for hydroxylation is 1. The molecule has 0 unspecified atom stereocenters. The number of amides is 3. The molecule has 2 aromatic carbocycles. The van der Waals surface area contributed by atoms with Crippen LogP contribution in [0.25, 0.3) is 22.0 Å². The molecule has 0 saturated carbocycles. The van der Waals surface area contributed by atoms with Crippen LogP contribution in [0.15, 0.2) is 89.2 Å². The van der Waals surface area contributed by atoms with Crippen molar-refractivity contribution in [2.45, 2.75) is 91.0 Å². The molecule has 12 nitrogen and oxygen atoms in total. The molecular weight excluding hydrogens is 850 g/mol. The number of benzene rings is 2. The fraction of sp³-hybridized carbons (Fsp3) is 0.372. The summed E-state index contributed by atoms with van der Waals surface area (Å²) >= 11 is 3.94. The van der Waals surface area contributed by atoms with Crippen molar-refractivity contribution in [3.05, 3.63) is 107 Å². The normalized spacial score (nSPS) is 18.4. The van der Waals surface area contributed by atoms with Gasteiger partial charge in [0.15, 0.2) is 0 Å². The van der Waals surface area contributed by atoms with Gasteiger partial charge in [0.05, 0.1) is 6.04 Å². The van der Waals surface area contributed by atoms with Crippen molar-refractivity contribution in [1.29, 1.82) is 0 Å². The Kier molecular flexibility index (Phi) is 15.1. The Labute approximate surface area is 352 Å². The molecule has 0 radical (unpaired) electrons. The van der Waals surface area contributed by atoms with Gasteiger partial charge in [0.25, 0.3) is 0 Å². The number of rotatable bonds is 11. The number of fused-ring (bicyclic) bond motifs is 3. The number of unbranched alkanes of at least 4 members (excludes halogenated alkanes) is 1.